The molecule has 2 saturated carbocycles. The molecule has 1 aromatic carbocycles. The van der Waals surface area contributed by atoms with Gasteiger partial charge in [0.15, 0.2) is 11.6 Å². The lowest BCUT2D eigenvalue weighted by molar-refractivity contribution is 0.155. The van der Waals surface area contributed by atoms with Crippen molar-refractivity contribution < 1.29 is 13.6 Å². The predicted molar refractivity (Wildman–Crippen MR) is 101 cm³/mol. The molecule has 0 saturated heterocycles. The van der Waals surface area contributed by atoms with E-state index in [4.69, 9.17) is 0 Å². The first-order valence-corrected chi connectivity index (χ1v) is 9.84. The van der Waals surface area contributed by atoms with E-state index in [0.29, 0.717) is 23.8 Å². The minimum atomic E-state index is -0.970. The van der Waals surface area contributed by atoms with Crippen molar-refractivity contribution in [1.29, 1.82) is 0 Å². The van der Waals surface area contributed by atoms with Gasteiger partial charge in [-0.1, -0.05) is 17.3 Å². The third-order valence-electron chi connectivity index (χ3n) is 6.51. The third-order valence-corrected chi connectivity index (χ3v) is 6.51. The molecule has 0 bridgehead atoms. The van der Waals surface area contributed by atoms with Crippen LogP contribution in [0.1, 0.15) is 56.9 Å². The maximum Gasteiger partial charge on any atom is 0.204 e. The molecule has 0 aromatic heterocycles. The number of halogens is 2. The van der Waals surface area contributed by atoms with Crippen molar-refractivity contribution in [3.8, 4) is 5.75 Å². The Morgan fingerprint density at radius 2 is 1.58 bits per heavy atom. The number of hydrogen-bond donors (Lipinski definition) is 0. The molecule has 2 fully saturated rings. The van der Waals surface area contributed by atoms with E-state index in [1.54, 1.807) is 6.07 Å². The molecule has 0 atom stereocenters. The first-order chi connectivity index (χ1) is 12.6. The van der Waals surface area contributed by atoms with E-state index in [1.165, 1.54) is 44.6 Å². The van der Waals surface area contributed by atoms with Crippen molar-refractivity contribution in [2.45, 2.75) is 57.8 Å². The van der Waals surface area contributed by atoms with E-state index < -0.39 is 11.6 Å². The highest BCUT2D eigenvalue weighted by molar-refractivity contribution is 5.32. The predicted octanol–water partition coefficient (Wildman–Crippen LogP) is 6.30. The van der Waals surface area contributed by atoms with Crippen LogP contribution in [0.3, 0.4) is 0 Å². The van der Waals surface area contributed by atoms with Crippen LogP contribution in [-0.2, 0) is 6.42 Å². The molecule has 2 nitrogen and oxygen atoms in total. The molecule has 2 aliphatic carbocycles. The lowest BCUT2D eigenvalue weighted by atomic mass is 9.68. The Kier molecular flexibility index (Phi) is 6.44. The molecular weight excluding hydrogens is 332 g/mol. The van der Waals surface area contributed by atoms with Crippen molar-refractivity contribution in [2.24, 2.45) is 28.8 Å². The number of oxime groups is 1. The summed E-state index contributed by atoms with van der Waals surface area (Å²) < 4.78 is 28.2. The summed E-state index contributed by atoms with van der Waals surface area (Å²) in [4.78, 5) is 4.65. The second-order valence-electron chi connectivity index (χ2n) is 7.97. The van der Waals surface area contributed by atoms with E-state index in [1.807, 2.05) is 0 Å². The smallest absolute Gasteiger partial charge is 0.204 e. The Morgan fingerprint density at radius 1 is 0.962 bits per heavy atom. The molecule has 0 amide bonds. The summed E-state index contributed by atoms with van der Waals surface area (Å²) in [6, 6.07) is 3.05. The van der Waals surface area contributed by atoms with Gasteiger partial charge in [0.1, 0.15) is 0 Å². The van der Waals surface area contributed by atoms with Crippen LogP contribution in [0.25, 0.3) is 0 Å². The minimum Gasteiger partial charge on any atom is -0.354 e. The van der Waals surface area contributed by atoms with Crippen LogP contribution in [0.15, 0.2) is 29.9 Å². The van der Waals surface area contributed by atoms with Crippen molar-refractivity contribution in [2.75, 3.05) is 0 Å². The summed E-state index contributed by atoms with van der Waals surface area (Å²) in [7, 11) is 0. The van der Waals surface area contributed by atoms with E-state index in [9.17, 15) is 8.78 Å². The van der Waals surface area contributed by atoms with Crippen molar-refractivity contribution >= 4 is 6.72 Å². The Bertz CT molecular complexity index is 629. The van der Waals surface area contributed by atoms with Gasteiger partial charge in [-0.3, -0.25) is 0 Å². The van der Waals surface area contributed by atoms with Gasteiger partial charge in [0.25, 0.3) is 0 Å². The third kappa shape index (κ3) is 4.33. The van der Waals surface area contributed by atoms with Gasteiger partial charge in [-0.25, -0.2) is 4.39 Å². The van der Waals surface area contributed by atoms with E-state index in [2.05, 4.69) is 29.4 Å². The van der Waals surface area contributed by atoms with Gasteiger partial charge in [0.2, 0.25) is 5.82 Å². The molecule has 0 aliphatic heterocycles. The van der Waals surface area contributed by atoms with Crippen LogP contribution < -0.4 is 4.84 Å². The second-order valence-corrected chi connectivity index (χ2v) is 7.97. The lowest BCUT2D eigenvalue weighted by Crippen LogP contribution is -2.26. The maximum atomic E-state index is 14.3. The first-order valence-electron chi connectivity index (χ1n) is 9.84. The van der Waals surface area contributed by atoms with Crippen molar-refractivity contribution in [3.05, 3.63) is 42.0 Å². The molecule has 0 spiro atoms. The number of allylic oxidation sites excluding steroid dienone is 1. The molecule has 4 heteroatoms. The zero-order valence-electron chi connectivity index (χ0n) is 15.4. The quantitative estimate of drug-likeness (QED) is 0.331. The standard InChI is InChI=1S/C22H29F2NO/c1-3-15-4-8-17(9-5-15)18-10-6-16(7-11-18)14-19-12-13-20(26-25-2)22(24)21(19)23/h3,12-13,15-18H,1-2,4-11,14H2. The topological polar surface area (TPSA) is 21.6 Å². The molecule has 1 aromatic rings. The van der Waals surface area contributed by atoms with Gasteiger partial charge < -0.3 is 4.84 Å². The monoisotopic (exact) mass is 361 g/mol. The van der Waals surface area contributed by atoms with E-state index in [0.717, 1.165) is 24.7 Å². The fourth-order valence-electron chi connectivity index (χ4n) is 4.90. The molecule has 0 unspecified atom stereocenters. The summed E-state index contributed by atoms with van der Waals surface area (Å²) >= 11 is 0. The van der Waals surface area contributed by atoms with Gasteiger partial charge in [-0.2, -0.15) is 4.39 Å². The normalized spacial score (nSPS) is 29.2. The van der Waals surface area contributed by atoms with Crippen molar-refractivity contribution in [3.63, 3.8) is 0 Å². The maximum absolute atomic E-state index is 14.3. The van der Waals surface area contributed by atoms with Crippen LogP contribution in [0.4, 0.5) is 8.78 Å². The Labute approximate surface area is 155 Å². The second kappa shape index (κ2) is 8.79. The molecule has 0 N–H and O–H groups in total. The summed E-state index contributed by atoms with van der Waals surface area (Å²) in [5.41, 5.74) is 0.439. The Morgan fingerprint density at radius 3 is 2.15 bits per heavy atom. The summed E-state index contributed by atoms with van der Waals surface area (Å²) in [5.74, 6) is 0.827. The van der Waals surface area contributed by atoms with Crippen LogP contribution in [0.2, 0.25) is 0 Å². The zero-order valence-corrected chi connectivity index (χ0v) is 15.4. The SMILES string of the molecule is C=CC1CCC(C2CCC(Cc3ccc(ON=C)c(F)c3F)CC2)CC1. The summed E-state index contributed by atoms with van der Waals surface area (Å²) in [5, 5.41) is 3.15. The number of hydrogen-bond acceptors (Lipinski definition) is 2. The summed E-state index contributed by atoms with van der Waals surface area (Å²) in [6.45, 7) is 7.06. The molecule has 2 aliphatic rings. The van der Waals surface area contributed by atoms with Gasteiger partial charge >= 0.3 is 0 Å². The van der Waals surface area contributed by atoms with Gasteiger partial charge in [0.05, 0.1) is 0 Å². The zero-order chi connectivity index (χ0) is 18.5. The fourth-order valence-corrected chi connectivity index (χ4v) is 4.90. The fraction of sp³-hybridized carbons (Fsp3) is 0.591. The number of rotatable bonds is 6. The molecule has 3 rings (SSSR count). The van der Waals surface area contributed by atoms with E-state index >= 15 is 0 Å². The van der Waals surface area contributed by atoms with Crippen molar-refractivity contribution in [1.82, 2.24) is 0 Å². The van der Waals surface area contributed by atoms with Crippen LogP contribution in [0.5, 0.6) is 5.75 Å². The molecular formula is C22H29F2NO. The highest BCUT2D eigenvalue weighted by Crippen LogP contribution is 2.42. The van der Waals surface area contributed by atoms with Crippen LogP contribution >= 0.6 is 0 Å². The van der Waals surface area contributed by atoms with Gasteiger partial charge in [-0.05, 0) is 93.1 Å². The first kappa shape index (κ1) is 19.1. The number of benzene rings is 1. The molecule has 0 heterocycles. The average Bonchev–Trinajstić information content (AvgIpc) is 2.68. The Balaban J connectivity index is 1.52. The molecule has 142 valence electrons. The molecule has 26 heavy (non-hydrogen) atoms. The van der Waals surface area contributed by atoms with Crippen LogP contribution in [-0.4, -0.2) is 6.72 Å². The molecule has 0 radical (unpaired) electrons. The van der Waals surface area contributed by atoms with Gasteiger partial charge in [-0.15, -0.1) is 6.58 Å². The van der Waals surface area contributed by atoms with Gasteiger partial charge in [0, 0.05) is 6.72 Å². The highest BCUT2D eigenvalue weighted by Gasteiger charge is 2.30. The Hall–Kier alpha value is -1.71. The average molecular weight is 361 g/mol. The summed E-state index contributed by atoms with van der Waals surface area (Å²) in [6.07, 6.45) is 12.6. The highest BCUT2D eigenvalue weighted by atomic mass is 19.2. The minimum absolute atomic E-state index is 0.208. The van der Waals surface area contributed by atoms with Crippen LogP contribution in [0, 0.1) is 35.3 Å². The largest absolute Gasteiger partial charge is 0.354 e. The number of nitrogens with zero attached hydrogens (tertiary/aromatic N) is 1. The van der Waals surface area contributed by atoms with E-state index in [-0.39, 0.29) is 5.75 Å². The lowest BCUT2D eigenvalue weighted by Gasteiger charge is -2.37.